The van der Waals surface area contributed by atoms with Crippen LogP contribution < -0.4 is 10.1 Å². The summed E-state index contributed by atoms with van der Waals surface area (Å²) in [4.78, 5) is 17.9. The second-order valence-corrected chi connectivity index (χ2v) is 6.49. The lowest BCUT2D eigenvalue weighted by Gasteiger charge is -2.21. The summed E-state index contributed by atoms with van der Waals surface area (Å²) in [5.41, 5.74) is 2.22. The van der Waals surface area contributed by atoms with Crippen LogP contribution >= 0.6 is 0 Å². The normalized spacial score (nSPS) is 16.1. The Morgan fingerprint density at radius 2 is 2.09 bits per heavy atom. The third-order valence-electron chi connectivity index (χ3n) is 4.46. The second-order valence-electron chi connectivity index (χ2n) is 6.49. The standard InChI is InChI=1S/C18H25N3O2/c1-21(2)11-8-14-12-20-15-4-3-5-16(17(14)15)23-18(22)13-6-9-19-10-7-13/h3-5,12-13,19-20H,6-11H2,1-2H3. The molecule has 0 radical (unpaired) electrons. The number of piperidine rings is 1. The fraction of sp³-hybridized carbons (Fsp3) is 0.500. The number of H-pyrrole nitrogens is 1. The number of ether oxygens (including phenoxy) is 1. The van der Waals surface area contributed by atoms with Crippen molar-refractivity contribution in [2.75, 3.05) is 33.7 Å². The van der Waals surface area contributed by atoms with Crippen molar-refractivity contribution in [2.24, 2.45) is 5.92 Å². The number of carbonyl (C=O) groups excluding carboxylic acids is 1. The Balaban J connectivity index is 1.81. The third-order valence-corrected chi connectivity index (χ3v) is 4.46. The van der Waals surface area contributed by atoms with Gasteiger partial charge in [0, 0.05) is 23.6 Å². The fourth-order valence-corrected chi connectivity index (χ4v) is 3.10. The van der Waals surface area contributed by atoms with Crippen LogP contribution in [0.5, 0.6) is 5.75 Å². The molecule has 124 valence electrons. The predicted molar refractivity (Wildman–Crippen MR) is 91.8 cm³/mol. The number of aromatic amines is 1. The lowest BCUT2D eigenvalue weighted by molar-refractivity contribution is -0.139. The third kappa shape index (κ3) is 3.74. The van der Waals surface area contributed by atoms with E-state index in [2.05, 4.69) is 29.3 Å². The first-order valence-corrected chi connectivity index (χ1v) is 8.31. The van der Waals surface area contributed by atoms with Gasteiger partial charge in [-0.1, -0.05) is 6.07 Å². The van der Waals surface area contributed by atoms with Crippen LogP contribution in [0, 0.1) is 5.92 Å². The lowest BCUT2D eigenvalue weighted by atomic mass is 9.98. The minimum absolute atomic E-state index is 0.00988. The van der Waals surface area contributed by atoms with Crippen molar-refractivity contribution >= 4 is 16.9 Å². The number of hydrogen-bond donors (Lipinski definition) is 2. The number of carbonyl (C=O) groups is 1. The summed E-state index contributed by atoms with van der Waals surface area (Å²) in [6, 6.07) is 5.85. The van der Waals surface area contributed by atoms with Gasteiger partial charge in [0.05, 0.1) is 5.92 Å². The van der Waals surface area contributed by atoms with E-state index in [0.29, 0.717) is 5.75 Å². The van der Waals surface area contributed by atoms with E-state index in [1.54, 1.807) is 0 Å². The van der Waals surface area contributed by atoms with Crippen molar-refractivity contribution in [1.29, 1.82) is 0 Å². The first-order chi connectivity index (χ1) is 11.1. The molecule has 1 aliphatic heterocycles. The van der Waals surface area contributed by atoms with Crippen molar-refractivity contribution in [2.45, 2.75) is 19.3 Å². The van der Waals surface area contributed by atoms with E-state index in [0.717, 1.165) is 49.8 Å². The first-order valence-electron chi connectivity index (χ1n) is 8.31. The van der Waals surface area contributed by atoms with E-state index in [1.165, 1.54) is 5.56 Å². The molecule has 23 heavy (non-hydrogen) atoms. The van der Waals surface area contributed by atoms with Crippen molar-refractivity contribution < 1.29 is 9.53 Å². The quantitative estimate of drug-likeness (QED) is 0.656. The molecule has 2 heterocycles. The molecular weight excluding hydrogens is 290 g/mol. The van der Waals surface area contributed by atoms with Crippen LogP contribution in [-0.2, 0) is 11.2 Å². The minimum Gasteiger partial charge on any atom is -0.426 e. The van der Waals surface area contributed by atoms with Gasteiger partial charge in [-0.25, -0.2) is 0 Å². The lowest BCUT2D eigenvalue weighted by Crippen LogP contribution is -2.33. The topological polar surface area (TPSA) is 57.4 Å². The molecule has 1 aromatic carbocycles. The zero-order chi connectivity index (χ0) is 16.2. The summed E-state index contributed by atoms with van der Waals surface area (Å²) in [6.07, 6.45) is 4.66. The fourth-order valence-electron chi connectivity index (χ4n) is 3.10. The zero-order valence-electron chi connectivity index (χ0n) is 13.9. The van der Waals surface area contributed by atoms with Crippen LogP contribution in [0.1, 0.15) is 18.4 Å². The Bertz CT molecular complexity index is 672. The van der Waals surface area contributed by atoms with Gasteiger partial charge >= 0.3 is 5.97 Å². The van der Waals surface area contributed by atoms with E-state index < -0.39 is 0 Å². The van der Waals surface area contributed by atoms with Crippen LogP contribution in [0.3, 0.4) is 0 Å². The predicted octanol–water partition coefficient (Wildman–Crippen LogP) is 2.18. The Hall–Kier alpha value is -1.85. The SMILES string of the molecule is CN(C)CCc1c[nH]c2cccc(OC(=O)C3CCNCC3)c12. The molecule has 0 amide bonds. The second kappa shape index (κ2) is 7.15. The van der Waals surface area contributed by atoms with E-state index >= 15 is 0 Å². The van der Waals surface area contributed by atoms with Gasteiger partial charge in [-0.05, 0) is 64.1 Å². The molecule has 0 spiro atoms. The molecule has 0 unspecified atom stereocenters. The summed E-state index contributed by atoms with van der Waals surface area (Å²) < 4.78 is 5.77. The van der Waals surface area contributed by atoms with Gasteiger partial charge in [-0.3, -0.25) is 4.79 Å². The highest BCUT2D eigenvalue weighted by Crippen LogP contribution is 2.30. The van der Waals surface area contributed by atoms with Crippen LogP contribution in [-0.4, -0.2) is 49.6 Å². The molecule has 1 aliphatic rings. The first kappa shape index (κ1) is 16.0. The highest BCUT2D eigenvalue weighted by molar-refractivity contribution is 5.91. The smallest absolute Gasteiger partial charge is 0.314 e. The molecule has 5 nitrogen and oxygen atoms in total. The molecule has 0 atom stereocenters. The summed E-state index contributed by atoms with van der Waals surface area (Å²) in [7, 11) is 4.12. The molecular formula is C18H25N3O2. The van der Waals surface area contributed by atoms with Gasteiger partial charge in [-0.15, -0.1) is 0 Å². The maximum absolute atomic E-state index is 12.4. The Morgan fingerprint density at radius 1 is 1.30 bits per heavy atom. The number of nitrogens with one attached hydrogen (secondary N) is 2. The van der Waals surface area contributed by atoms with Gasteiger partial charge in [0.1, 0.15) is 5.75 Å². The number of esters is 1. The van der Waals surface area contributed by atoms with Gasteiger partial charge in [0.2, 0.25) is 0 Å². The van der Waals surface area contributed by atoms with Crippen LogP contribution in [0.2, 0.25) is 0 Å². The van der Waals surface area contributed by atoms with Crippen molar-refractivity contribution in [3.8, 4) is 5.75 Å². The van der Waals surface area contributed by atoms with E-state index in [9.17, 15) is 4.79 Å². The van der Waals surface area contributed by atoms with Crippen molar-refractivity contribution in [3.05, 3.63) is 30.0 Å². The summed E-state index contributed by atoms with van der Waals surface area (Å²) in [6.45, 7) is 2.74. The molecule has 0 aliphatic carbocycles. The van der Waals surface area contributed by atoms with Crippen LogP contribution in [0.4, 0.5) is 0 Å². The van der Waals surface area contributed by atoms with Crippen molar-refractivity contribution in [3.63, 3.8) is 0 Å². The number of aromatic nitrogens is 1. The monoisotopic (exact) mass is 315 g/mol. The molecule has 0 saturated carbocycles. The molecule has 2 N–H and O–H groups in total. The molecule has 0 bridgehead atoms. The Kier molecular flexibility index (Phi) is 4.98. The summed E-state index contributed by atoms with van der Waals surface area (Å²) >= 11 is 0. The molecule has 3 rings (SSSR count). The maximum atomic E-state index is 12.4. The Labute approximate surface area is 137 Å². The van der Waals surface area contributed by atoms with Gasteiger partial charge in [0.25, 0.3) is 0 Å². The van der Waals surface area contributed by atoms with Gasteiger partial charge in [-0.2, -0.15) is 0 Å². The van der Waals surface area contributed by atoms with E-state index in [4.69, 9.17) is 4.74 Å². The van der Waals surface area contributed by atoms with E-state index in [-0.39, 0.29) is 11.9 Å². The average Bonchev–Trinajstić information content (AvgIpc) is 2.98. The largest absolute Gasteiger partial charge is 0.426 e. The highest BCUT2D eigenvalue weighted by Gasteiger charge is 2.24. The number of rotatable bonds is 5. The molecule has 5 heteroatoms. The average molecular weight is 315 g/mol. The van der Waals surface area contributed by atoms with Crippen LogP contribution in [0.25, 0.3) is 10.9 Å². The van der Waals surface area contributed by atoms with Gasteiger partial charge < -0.3 is 19.9 Å². The Morgan fingerprint density at radius 3 is 2.83 bits per heavy atom. The molecule has 2 aromatic rings. The van der Waals surface area contributed by atoms with Crippen LogP contribution in [0.15, 0.2) is 24.4 Å². The number of benzene rings is 1. The minimum atomic E-state index is -0.0984. The zero-order valence-corrected chi connectivity index (χ0v) is 13.9. The van der Waals surface area contributed by atoms with Gasteiger partial charge in [0.15, 0.2) is 0 Å². The number of nitrogens with zero attached hydrogens (tertiary/aromatic N) is 1. The number of hydrogen-bond acceptors (Lipinski definition) is 4. The molecule has 1 aromatic heterocycles. The summed E-state index contributed by atoms with van der Waals surface area (Å²) in [5, 5.41) is 4.32. The highest BCUT2D eigenvalue weighted by atomic mass is 16.5. The molecule has 1 saturated heterocycles. The van der Waals surface area contributed by atoms with E-state index in [1.807, 2.05) is 24.4 Å². The summed E-state index contributed by atoms with van der Waals surface area (Å²) in [5.74, 6) is 0.593. The maximum Gasteiger partial charge on any atom is 0.314 e. The number of likely N-dealkylation sites (N-methyl/N-ethyl adjacent to an activating group) is 1. The molecule has 1 fully saturated rings. The number of fused-ring (bicyclic) bond motifs is 1. The van der Waals surface area contributed by atoms with Crippen molar-refractivity contribution in [1.82, 2.24) is 15.2 Å².